The van der Waals surface area contributed by atoms with Crippen molar-refractivity contribution in [2.24, 2.45) is 0 Å². The van der Waals surface area contributed by atoms with Crippen LogP contribution in [0.15, 0.2) is 18.2 Å². The molecule has 0 aliphatic carbocycles. The zero-order valence-corrected chi connectivity index (χ0v) is 11.6. The molecule has 1 aliphatic heterocycles. The smallest absolute Gasteiger partial charge is 0.352 e. The Hall–Kier alpha value is -1.72. The molecule has 1 unspecified atom stereocenters. The summed E-state index contributed by atoms with van der Waals surface area (Å²) in [5.41, 5.74) is 1.79. The van der Waals surface area contributed by atoms with Crippen LogP contribution in [-0.2, 0) is 0 Å². The van der Waals surface area contributed by atoms with Gasteiger partial charge in [-0.2, -0.15) is 0 Å². The molecule has 0 saturated carbocycles. The molecule has 2 heterocycles. The van der Waals surface area contributed by atoms with Gasteiger partial charge >= 0.3 is 5.97 Å². The summed E-state index contributed by atoms with van der Waals surface area (Å²) < 4.78 is 0. The molecule has 106 valence electrons. The van der Waals surface area contributed by atoms with Crippen LogP contribution < -0.4 is 10.6 Å². The second-order valence-corrected chi connectivity index (χ2v) is 5.52. The van der Waals surface area contributed by atoms with Gasteiger partial charge in [0, 0.05) is 23.0 Å². The number of benzene rings is 1. The molecule has 3 rings (SSSR count). The van der Waals surface area contributed by atoms with Gasteiger partial charge < -0.3 is 20.7 Å². The molecule has 6 heteroatoms. The maximum atomic E-state index is 11.0. The Kier molecular flexibility index (Phi) is 3.54. The summed E-state index contributed by atoms with van der Waals surface area (Å²) >= 11 is 6.09. The highest BCUT2D eigenvalue weighted by molar-refractivity contribution is 6.32. The number of carboxylic acids is 1. The number of carboxylic acid groups (broad SMARTS) is 1. The van der Waals surface area contributed by atoms with Gasteiger partial charge in [-0.3, -0.25) is 0 Å². The quantitative estimate of drug-likeness (QED) is 0.699. The van der Waals surface area contributed by atoms with E-state index >= 15 is 0 Å². The number of anilines is 1. The van der Waals surface area contributed by atoms with Crippen LogP contribution >= 0.6 is 11.6 Å². The highest BCUT2D eigenvalue weighted by Crippen LogP contribution is 2.28. The van der Waals surface area contributed by atoms with Crippen LogP contribution in [0.2, 0.25) is 5.02 Å². The average molecular weight is 294 g/mol. The van der Waals surface area contributed by atoms with E-state index in [2.05, 4.69) is 15.6 Å². The van der Waals surface area contributed by atoms with Crippen LogP contribution in [0.3, 0.4) is 0 Å². The third kappa shape index (κ3) is 2.59. The lowest BCUT2D eigenvalue weighted by Crippen LogP contribution is -2.29. The third-order valence-electron chi connectivity index (χ3n) is 3.62. The monoisotopic (exact) mass is 293 g/mol. The van der Waals surface area contributed by atoms with Crippen molar-refractivity contribution in [2.45, 2.75) is 18.9 Å². The highest BCUT2D eigenvalue weighted by Gasteiger charge is 2.15. The van der Waals surface area contributed by atoms with Gasteiger partial charge in [0.25, 0.3) is 0 Å². The fourth-order valence-corrected chi connectivity index (χ4v) is 2.85. The first-order valence-electron chi connectivity index (χ1n) is 6.66. The number of aromatic carboxylic acids is 1. The molecule has 0 bridgehead atoms. The molecule has 1 atom stereocenters. The Labute approximate surface area is 121 Å². The van der Waals surface area contributed by atoms with E-state index in [1.807, 2.05) is 6.07 Å². The van der Waals surface area contributed by atoms with Crippen LogP contribution in [0.5, 0.6) is 0 Å². The third-order valence-corrected chi connectivity index (χ3v) is 3.84. The van der Waals surface area contributed by atoms with Crippen molar-refractivity contribution >= 4 is 34.2 Å². The number of halogens is 1. The Morgan fingerprint density at radius 1 is 1.45 bits per heavy atom. The van der Waals surface area contributed by atoms with Gasteiger partial charge in [-0.25, -0.2) is 4.79 Å². The number of hydrogen-bond acceptors (Lipinski definition) is 3. The second kappa shape index (κ2) is 5.34. The lowest BCUT2D eigenvalue weighted by atomic mass is 10.2. The molecule has 1 aliphatic rings. The number of aromatic nitrogens is 1. The molecule has 0 radical (unpaired) electrons. The van der Waals surface area contributed by atoms with Crippen molar-refractivity contribution in [1.29, 1.82) is 0 Å². The first kappa shape index (κ1) is 13.3. The van der Waals surface area contributed by atoms with E-state index in [0.29, 0.717) is 11.1 Å². The Bertz CT molecular complexity index is 647. The molecule has 4 N–H and O–H groups in total. The fourth-order valence-electron chi connectivity index (χ4n) is 2.63. The number of H-pyrrole nitrogens is 1. The van der Waals surface area contributed by atoms with Crippen LogP contribution in [0.4, 0.5) is 5.69 Å². The van der Waals surface area contributed by atoms with Gasteiger partial charge in [0.2, 0.25) is 0 Å². The summed E-state index contributed by atoms with van der Waals surface area (Å²) in [4.78, 5) is 14.0. The molecule has 1 saturated heterocycles. The minimum Gasteiger partial charge on any atom is -0.477 e. The molecule has 0 amide bonds. The number of rotatable bonds is 4. The van der Waals surface area contributed by atoms with E-state index in [1.54, 1.807) is 12.1 Å². The van der Waals surface area contributed by atoms with E-state index < -0.39 is 5.97 Å². The van der Waals surface area contributed by atoms with Crippen LogP contribution in [0, 0.1) is 0 Å². The number of aromatic amines is 1. The fraction of sp³-hybridized carbons (Fsp3) is 0.357. The SMILES string of the molecule is O=C(O)c1cc2cc(Cl)cc(NCC3CCCN3)c2[nH]1. The number of nitrogens with one attached hydrogen (secondary N) is 3. The zero-order chi connectivity index (χ0) is 14.1. The summed E-state index contributed by atoms with van der Waals surface area (Å²) in [5.74, 6) is -0.972. The van der Waals surface area contributed by atoms with Gasteiger partial charge in [-0.15, -0.1) is 0 Å². The largest absolute Gasteiger partial charge is 0.477 e. The molecule has 2 aromatic rings. The lowest BCUT2D eigenvalue weighted by molar-refractivity contribution is 0.0691. The predicted molar refractivity (Wildman–Crippen MR) is 79.8 cm³/mol. The highest BCUT2D eigenvalue weighted by atomic mass is 35.5. The Balaban J connectivity index is 1.89. The molecule has 20 heavy (non-hydrogen) atoms. The normalized spacial score (nSPS) is 18.6. The van der Waals surface area contributed by atoms with Crippen LogP contribution in [0.1, 0.15) is 23.3 Å². The lowest BCUT2D eigenvalue weighted by Gasteiger charge is -2.13. The number of carbonyl (C=O) groups is 1. The molecule has 0 spiro atoms. The predicted octanol–water partition coefficient (Wildman–Crippen LogP) is 2.68. The van der Waals surface area contributed by atoms with E-state index in [1.165, 1.54) is 6.42 Å². The summed E-state index contributed by atoms with van der Waals surface area (Å²) in [7, 11) is 0. The van der Waals surface area contributed by atoms with Crippen molar-refractivity contribution in [3.63, 3.8) is 0 Å². The average Bonchev–Trinajstić information content (AvgIpc) is 3.04. The van der Waals surface area contributed by atoms with E-state index in [4.69, 9.17) is 16.7 Å². The summed E-state index contributed by atoms with van der Waals surface area (Å²) in [5, 5.41) is 17.2. The van der Waals surface area contributed by atoms with Crippen molar-refractivity contribution in [1.82, 2.24) is 10.3 Å². The van der Waals surface area contributed by atoms with Gasteiger partial charge in [-0.05, 0) is 37.6 Å². The summed E-state index contributed by atoms with van der Waals surface area (Å²) in [6.45, 7) is 1.86. The molecule has 1 fully saturated rings. The van der Waals surface area contributed by atoms with Gasteiger partial charge in [-0.1, -0.05) is 11.6 Å². The molecular formula is C14H16ClN3O2. The first-order chi connectivity index (χ1) is 9.63. The maximum Gasteiger partial charge on any atom is 0.352 e. The summed E-state index contributed by atoms with van der Waals surface area (Å²) in [6.07, 6.45) is 2.35. The van der Waals surface area contributed by atoms with Gasteiger partial charge in [0.15, 0.2) is 0 Å². The molecule has 1 aromatic heterocycles. The first-order valence-corrected chi connectivity index (χ1v) is 7.04. The molecular weight excluding hydrogens is 278 g/mol. The van der Waals surface area contributed by atoms with E-state index in [0.717, 1.165) is 36.1 Å². The van der Waals surface area contributed by atoms with Crippen molar-refractivity contribution < 1.29 is 9.90 Å². The Morgan fingerprint density at radius 2 is 2.30 bits per heavy atom. The van der Waals surface area contributed by atoms with Crippen molar-refractivity contribution in [3.05, 3.63) is 28.9 Å². The van der Waals surface area contributed by atoms with Gasteiger partial charge in [0.05, 0.1) is 11.2 Å². The van der Waals surface area contributed by atoms with E-state index in [-0.39, 0.29) is 5.69 Å². The maximum absolute atomic E-state index is 11.0. The number of fused-ring (bicyclic) bond motifs is 1. The molecule has 5 nitrogen and oxygen atoms in total. The number of hydrogen-bond donors (Lipinski definition) is 4. The van der Waals surface area contributed by atoms with Gasteiger partial charge in [0.1, 0.15) is 5.69 Å². The van der Waals surface area contributed by atoms with E-state index in [9.17, 15) is 4.79 Å². The van der Waals surface area contributed by atoms with Crippen molar-refractivity contribution in [3.8, 4) is 0 Å². The zero-order valence-electron chi connectivity index (χ0n) is 10.9. The minimum absolute atomic E-state index is 0.171. The minimum atomic E-state index is -0.972. The van der Waals surface area contributed by atoms with Crippen molar-refractivity contribution in [2.75, 3.05) is 18.4 Å². The molecule has 1 aromatic carbocycles. The standard InChI is InChI=1S/C14H16ClN3O2/c15-9-4-8-5-12(14(19)20)18-13(8)11(6-9)17-7-10-2-1-3-16-10/h4-6,10,16-18H,1-3,7H2,(H,19,20). The summed E-state index contributed by atoms with van der Waals surface area (Å²) in [6, 6.07) is 5.64. The Morgan fingerprint density at radius 3 is 3.00 bits per heavy atom. The van der Waals surface area contributed by atoms with Crippen LogP contribution in [-0.4, -0.2) is 35.2 Å². The topological polar surface area (TPSA) is 77.2 Å². The van der Waals surface area contributed by atoms with Crippen LogP contribution in [0.25, 0.3) is 10.9 Å². The second-order valence-electron chi connectivity index (χ2n) is 5.08.